The molecule has 0 bridgehead atoms. The predicted molar refractivity (Wildman–Crippen MR) is 67.4 cm³/mol. The van der Waals surface area contributed by atoms with Crippen LogP contribution in [0.3, 0.4) is 0 Å². The van der Waals surface area contributed by atoms with E-state index in [-0.39, 0.29) is 27.2 Å². The van der Waals surface area contributed by atoms with E-state index in [1.165, 1.54) is 0 Å². The summed E-state index contributed by atoms with van der Waals surface area (Å²) in [6.07, 6.45) is -1.69. The second kappa shape index (κ2) is 6.44. The van der Waals surface area contributed by atoms with Gasteiger partial charge in [0.1, 0.15) is 0 Å². The van der Waals surface area contributed by atoms with Crippen molar-refractivity contribution in [3.63, 3.8) is 0 Å². The second-order valence-electron chi connectivity index (χ2n) is 3.00. The first-order chi connectivity index (χ1) is 8.02. The van der Waals surface area contributed by atoms with Crippen molar-refractivity contribution >= 4 is 40.2 Å². The number of carbonyl (C=O) groups excluding carboxylic acids is 1. The summed E-state index contributed by atoms with van der Waals surface area (Å²) in [5.74, 6) is -0.782. The third-order valence-electron chi connectivity index (χ3n) is 1.97. The summed E-state index contributed by atoms with van der Waals surface area (Å²) < 4.78 is 30.7. The van der Waals surface area contributed by atoms with E-state index < -0.39 is 12.4 Å². The molecule has 0 aliphatic carbocycles. The van der Waals surface area contributed by atoms with Crippen molar-refractivity contribution in [1.29, 1.82) is 0 Å². The zero-order valence-corrected chi connectivity index (χ0v) is 11.8. The lowest BCUT2D eigenvalue weighted by Crippen LogP contribution is -2.12. The Labute approximate surface area is 116 Å². The number of esters is 1. The highest BCUT2D eigenvalue weighted by Crippen LogP contribution is 2.30. The van der Waals surface area contributed by atoms with E-state index in [4.69, 9.17) is 16.3 Å². The molecule has 0 atom stereocenters. The van der Waals surface area contributed by atoms with Gasteiger partial charge in [0.05, 0.1) is 23.7 Å². The van der Waals surface area contributed by atoms with Crippen LogP contribution in [0.2, 0.25) is 0 Å². The maximum atomic E-state index is 12.9. The Balaban J connectivity index is 3.31. The van der Waals surface area contributed by atoms with Crippen LogP contribution < -0.4 is 0 Å². The summed E-state index contributed by atoms with van der Waals surface area (Å²) in [4.78, 5) is 15.4. The van der Waals surface area contributed by atoms with Crippen LogP contribution in [-0.2, 0) is 10.6 Å². The molecule has 1 rings (SSSR count). The molecule has 0 fully saturated rings. The molecule has 0 saturated carbocycles. The molecule has 3 nitrogen and oxygen atoms in total. The van der Waals surface area contributed by atoms with E-state index in [2.05, 4.69) is 4.98 Å². The van der Waals surface area contributed by atoms with Gasteiger partial charge in [0.25, 0.3) is 6.43 Å². The topological polar surface area (TPSA) is 39.2 Å². The first kappa shape index (κ1) is 14.6. The summed E-state index contributed by atoms with van der Waals surface area (Å²) in [5.41, 5.74) is -0.245. The Morgan fingerprint density at radius 1 is 1.65 bits per heavy atom. The van der Waals surface area contributed by atoms with Crippen molar-refractivity contribution in [2.24, 2.45) is 0 Å². The SMILES string of the molecule is CCOC(=O)c1cnc(CCl)c(I)c1C(F)F. The van der Waals surface area contributed by atoms with Gasteiger partial charge >= 0.3 is 5.97 Å². The number of aromatic nitrogens is 1. The monoisotopic (exact) mass is 375 g/mol. The highest BCUT2D eigenvalue weighted by molar-refractivity contribution is 14.1. The summed E-state index contributed by atoms with van der Waals surface area (Å²) in [6.45, 7) is 1.72. The molecule has 0 unspecified atom stereocenters. The molecule has 0 spiro atoms. The number of halogens is 4. The molecule has 0 aliphatic heterocycles. The smallest absolute Gasteiger partial charge is 0.340 e. The Morgan fingerprint density at radius 3 is 2.76 bits per heavy atom. The fourth-order valence-corrected chi connectivity index (χ4v) is 2.50. The average molecular weight is 376 g/mol. The first-order valence-electron chi connectivity index (χ1n) is 4.71. The second-order valence-corrected chi connectivity index (χ2v) is 4.35. The number of carbonyl (C=O) groups is 1. The van der Waals surface area contributed by atoms with Crippen molar-refractivity contribution < 1.29 is 18.3 Å². The van der Waals surface area contributed by atoms with Gasteiger partial charge in [-0.25, -0.2) is 13.6 Å². The van der Waals surface area contributed by atoms with Gasteiger partial charge in [-0.05, 0) is 29.5 Å². The van der Waals surface area contributed by atoms with E-state index >= 15 is 0 Å². The van der Waals surface area contributed by atoms with Crippen LogP contribution in [0, 0.1) is 3.57 Å². The molecular formula is C10H9ClF2INO2. The number of pyridine rings is 1. The quantitative estimate of drug-likeness (QED) is 0.459. The van der Waals surface area contributed by atoms with Crippen molar-refractivity contribution in [3.8, 4) is 0 Å². The van der Waals surface area contributed by atoms with Crippen LogP contribution in [0.1, 0.15) is 35.0 Å². The van der Waals surface area contributed by atoms with Gasteiger partial charge in [-0.1, -0.05) is 0 Å². The van der Waals surface area contributed by atoms with Crippen molar-refractivity contribution in [1.82, 2.24) is 4.98 Å². The zero-order valence-electron chi connectivity index (χ0n) is 8.84. The molecule has 17 heavy (non-hydrogen) atoms. The summed E-state index contributed by atoms with van der Waals surface area (Å²) in [7, 11) is 0. The zero-order chi connectivity index (χ0) is 13.0. The number of rotatable bonds is 4. The third-order valence-corrected chi connectivity index (χ3v) is 3.43. The summed E-state index contributed by atoms with van der Waals surface area (Å²) in [5, 5.41) is 0. The lowest BCUT2D eigenvalue weighted by Gasteiger charge is -2.11. The van der Waals surface area contributed by atoms with E-state index in [1.807, 2.05) is 0 Å². The predicted octanol–water partition coefficient (Wildman–Crippen LogP) is 3.54. The standard InChI is InChI=1S/C10H9ClF2INO2/c1-2-17-10(16)5-4-15-6(3-11)8(14)7(5)9(12)13/h4,9H,2-3H2,1H3. The van der Waals surface area contributed by atoms with Gasteiger partial charge < -0.3 is 4.74 Å². The van der Waals surface area contributed by atoms with Crippen molar-refractivity contribution in [2.45, 2.75) is 19.2 Å². The Morgan fingerprint density at radius 2 is 2.29 bits per heavy atom. The molecule has 0 amide bonds. The number of hydrogen-bond donors (Lipinski definition) is 0. The molecule has 1 heterocycles. The molecule has 0 aromatic carbocycles. The molecule has 7 heteroatoms. The van der Waals surface area contributed by atoms with E-state index in [9.17, 15) is 13.6 Å². The van der Waals surface area contributed by atoms with Gasteiger partial charge in [-0.15, -0.1) is 11.6 Å². The number of ether oxygens (including phenoxy) is 1. The van der Waals surface area contributed by atoms with Crippen LogP contribution >= 0.6 is 34.2 Å². The lowest BCUT2D eigenvalue weighted by atomic mass is 10.1. The van der Waals surface area contributed by atoms with Gasteiger partial charge in [0, 0.05) is 15.3 Å². The summed E-state index contributed by atoms with van der Waals surface area (Å²) >= 11 is 7.28. The lowest BCUT2D eigenvalue weighted by molar-refractivity contribution is 0.0514. The molecule has 0 radical (unpaired) electrons. The third kappa shape index (κ3) is 3.25. The fourth-order valence-electron chi connectivity index (χ4n) is 1.22. The van der Waals surface area contributed by atoms with E-state index in [0.29, 0.717) is 5.69 Å². The first-order valence-corrected chi connectivity index (χ1v) is 6.32. The van der Waals surface area contributed by atoms with Gasteiger partial charge in [-0.3, -0.25) is 4.98 Å². The minimum atomic E-state index is -2.77. The molecule has 0 N–H and O–H groups in total. The van der Waals surface area contributed by atoms with Crippen LogP contribution in [0.25, 0.3) is 0 Å². The van der Waals surface area contributed by atoms with Gasteiger partial charge in [0.2, 0.25) is 0 Å². The fraction of sp³-hybridized carbons (Fsp3) is 0.400. The Bertz CT molecular complexity index is 429. The van der Waals surface area contributed by atoms with E-state index in [0.717, 1.165) is 6.20 Å². The Kier molecular flexibility index (Phi) is 5.51. The van der Waals surface area contributed by atoms with Crippen LogP contribution in [0.15, 0.2) is 6.20 Å². The normalized spacial score (nSPS) is 10.7. The molecule has 0 saturated heterocycles. The van der Waals surface area contributed by atoms with Crippen LogP contribution in [0.4, 0.5) is 8.78 Å². The van der Waals surface area contributed by atoms with Crippen molar-refractivity contribution in [3.05, 3.63) is 26.6 Å². The summed E-state index contributed by atoms with van der Waals surface area (Å²) in [6, 6.07) is 0. The molecule has 1 aromatic heterocycles. The maximum absolute atomic E-state index is 12.9. The highest BCUT2D eigenvalue weighted by Gasteiger charge is 2.24. The molecule has 1 aromatic rings. The van der Waals surface area contributed by atoms with Gasteiger partial charge in [-0.2, -0.15) is 0 Å². The highest BCUT2D eigenvalue weighted by atomic mass is 127. The number of hydrogen-bond acceptors (Lipinski definition) is 3. The minimum absolute atomic E-state index is 0.0150. The number of nitrogens with zero attached hydrogens (tertiary/aromatic N) is 1. The molecular weight excluding hydrogens is 366 g/mol. The largest absolute Gasteiger partial charge is 0.462 e. The van der Waals surface area contributed by atoms with Crippen molar-refractivity contribution in [2.75, 3.05) is 6.61 Å². The van der Waals surface area contributed by atoms with Crippen LogP contribution in [-0.4, -0.2) is 17.6 Å². The minimum Gasteiger partial charge on any atom is -0.462 e. The maximum Gasteiger partial charge on any atom is 0.340 e. The molecule has 0 aliphatic rings. The molecule has 94 valence electrons. The van der Waals surface area contributed by atoms with E-state index in [1.54, 1.807) is 29.5 Å². The average Bonchev–Trinajstić information content (AvgIpc) is 2.28. The van der Waals surface area contributed by atoms with Gasteiger partial charge in [0.15, 0.2) is 0 Å². The van der Waals surface area contributed by atoms with Crippen LogP contribution in [0.5, 0.6) is 0 Å². The number of alkyl halides is 3. The Hall–Kier alpha value is -0.500.